The molecule has 0 aliphatic heterocycles. The first-order valence-electron chi connectivity index (χ1n) is 8.82. The summed E-state index contributed by atoms with van der Waals surface area (Å²) in [4.78, 5) is 6.19. The average Bonchev–Trinajstić information content (AvgIpc) is 3.34. The zero-order valence-corrected chi connectivity index (χ0v) is 15.4. The second kappa shape index (κ2) is 5.59. The van der Waals surface area contributed by atoms with Crippen LogP contribution < -0.4 is 5.73 Å². The van der Waals surface area contributed by atoms with Crippen molar-refractivity contribution in [1.82, 2.24) is 4.98 Å². The summed E-state index contributed by atoms with van der Waals surface area (Å²) in [5.74, 6) is 6.50. The Bertz CT molecular complexity index is 1220. The van der Waals surface area contributed by atoms with Gasteiger partial charge in [-0.25, -0.2) is 4.98 Å². The summed E-state index contributed by atoms with van der Waals surface area (Å²) in [6.07, 6.45) is 4.39. The zero-order chi connectivity index (χ0) is 17.7. The fraction of sp³-hybridized carbons (Fsp3) is 0.174. The molecule has 1 aliphatic carbocycles. The number of aromatic nitrogens is 1. The fourth-order valence-corrected chi connectivity index (χ4v) is 4.26. The summed E-state index contributed by atoms with van der Waals surface area (Å²) < 4.78 is 0. The van der Waals surface area contributed by atoms with E-state index < -0.39 is 0 Å². The molecule has 0 unspecified atom stereocenters. The van der Waals surface area contributed by atoms with Crippen molar-refractivity contribution in [2.45, 2.75) is 25.2 Å². The van der Waals surface area contributed by atoms with Gasteiger partial charge in [0.25, 0.3) is 0 Å². The van der Waals surface area contributed by atoms with Gasteiger partial charge in [-0.05, 0) is 64.8 Å². The van der Waals surface area contributed by atoms with Gasteiger partial charge in [0.1, 0.15) is 9.71 Å². The predicted octanol–water partition coefficient (Wildman–Crippen LogP) is 5.48. The first kappa shape index (κ1) is 15.4. The van der Waals surface area contributed by atoms with Gasteiger partial charge in [0, 0.05) is 17.1 Å². The molecule has 0 saturated heterocycles. The minimum absolute atomic E-state index is 0.402. The quantitative estimate of drug-likeness (QED) is 0.460. The van der Waals surface area contributed by atoms with E-state index in [9.17, 15) is 0 Å². The standard InChI is InChI=1S/C23H18N2S/c1-23(10-11-23)18-8-7-16-13-15(4-6-17(16)14-18)5-9-20-21(24)19-3-2-12-25-22(19)26-20/h2-4,6-8,12-14H,10-11,24H2,1H3. The SMILES string of the molecule is CC1(c2ccc3cc(C#Cc4sc5ncccc5c4N)ccc3c2)CC1. The highest BCUT2D eigenvalue weighted by Gasteiger charge is 2.38. The third-order valence-electron chi connectivity index (χ3n) is 5.36. The minimum Gasteiger partial charge on any atom is -0.396 e. The largest absolute Gasteiger partial charge is 0.396 e. The lowest BCUT2D eigenvalue weighted by Gasteiger charge is -2.10. The third kappa shape index (κ3) is 2.55. The number of hydrogen-bond donors (Lipinski definition) is 1. The van der Waals surface area contributed by atoms with Gasteiger partial charge < -0.3 is 5.73 Å². The average molecular weight is 354 g/mol. The lowest BCUT2D eigenvalue weighted by molar-refractivity contribution is 0.789. The van der Waals surface area contributed by atoms with Crippen LogP contribution in [0.3, 0.4) is 0 Å². The van der Waals surface area contributed by atoms with Crippen LogP contribution >= 0.6 is 11.3 Å². The van der Waals surface area contributed by atoms with Crippen molar-refractivity contribution in [2.75, 3.05) is 5.73 Å². The Labute approximate surface area is 156 Å². The molecule has 1 fully saturated rings. The van der Waals surface area contributed by atoms with Crippen LogP contribution in [0.4, 0.5) is 5.69 Å². The Hall–Kier alpha value is -2.83. The lowest BCUT2D eigenvalue weighted by atomic mass is 9.95. The molecule has 4 aromatic rings. The van der Waals surface area contributed by atoms with Crippen molar-refractivity contribution < 1.29 is 0 Å². The van der Waals surface area contributed by atoms with Crippen molar-refractivity contribution in [3.63, 3.8) is 0 Å². The Morgan fingerprint density at radius 3 is 2.65 bits per heavy atom. The Kier molecular flexibility index (Phi) is 3.32. The van der Waals surface area contributed by atoms with E-state index >= 15 is 0 Å². The number of pyridine rings is 1. The first-order chi connectivity index (χ1) is 12.6. The number of hydrogen-bond acceptors (Lipinski definition) is 3. The van der Waals surface area contributed by atoms with E-state index in [1.54, 1.807) is 17.5 Å². The van der Waals surface area contributed by atoms with E-state index in [1.165, 1.54) is 29.2 Å². The van der Waals surface area contributed by atoms with Crippen LogP contribution in [0.25, 0.3) is 21.0 Å². The molecule has 3 heteroatoms. The second-order valence-electron chi connectivity index (χ2n) is 7.29. The normalized spacial score (nSPS) is 15.0. The Balaban J connectivity index is 1.51. The van der Waals surface area contributed by atoms with Gasteiger partial charge in [-0.2, -0.15) is 0 Å². The Morgan fingerprint density at radius 2 is 1.85 bits per heavy atom. The smallest absolute Gasteiger partial charge is 0.126 e. The number of fused-ring (bicyclic) bond motifs is 2. The number of benzene rings is 2. The number of nitrogens with zero attached hydrogens (tertiary/aromatic N) is 1. The van der Waals surface area contributed by atoms with Crippen molar-refractivity contribution in [3.05, 3.63) is 70.7 Å². The first-order valence-corrected chi connectivity index (χ1v) is 9.63. The van der Waals surface area contributed by atoms with Crippen LogP contribution in [0.5, 0.6) is 0 Å². The van der Waals surface area contributed by atoms with Crippen molar-refractivity contribution >= 4 is 38.0 Å². The zero-order valence-electron chi connectivity index (χ0n) is 14.5. The van der Waals surface area contributed by atoms with E-state index in [4.69, 9.17) is 5.73 Å². The van der Waals surface area contributed by atoms with E-state index in [-0.39, 0.29) is 0 Å². The maximum atomic E-state index is 6.22. The van der Waals surface area contributed by atoms with Gasteiger partial charge in [-0.3, -0.25) is 0 Å². The number of rotatable bonds is 1. The fourth-order valence-electron chi connectivity index (χ4n) is 3.35. The summed E-state index contributed by atoms with van der Waals surface area (Å²) in [7, 11) is 0. The second-order valence-corrected chi connectivity index (χ2v) is 8.29. The molecule has 26 heavy (non-hydrogen) atoms. The molecule has 0 amide bonds. The molecule has 2 aromatic carbocycles. The predicted molar refractivity (Wildman–Crippen MR) is 111 cm³/mol. The van der Waals surface area contributed by atoms with Gasteiger partial charge in [0.05, 0.1) is 5.69 Å². The molecule has 0 spiro atoms. The Morgan fingerprint density at radius 1 is 1.04 bits per heavy atom. The molecule has 1 aliphatic rings. The minimum atomic E-state index is 0.402. The summed E-state index contributed by atoms with van der Waals surface area (Å²) in [5.41, 5.74) is 9.82. The van der Waals surface area contributed by atoms with Crippen molar-refractivity contribution in [2.24, 2.45) is 0 Å². The third-order valence-corrected chi connectivity index (χ3v) is 6.41. The summed E-state index contributed by atoms with van der Waals surface area (Å²) in [6.45, 7) is 2.35. The van der Waals surface area contributed by atoms with E-state index in [0.717, 1.165) is 26.3 Å². The van der Waals surface area contributed by atoms with E-state index in [0.29, 0.717) is 5.41 Å². The number of anilines is 1. The topological polar surface area (TPSA) is 38.9 Å². The number of nitrogen functional groups attached to an aromatic ring is 1. The number of thiophene rings is 1. The molecule has 126 valence electrons. The molecule has 1 saturated carbocycles. The molecule has 0 atom stereocenters. The highest BCUT2D eigenvalue weighted by atomic mass is 32.1. The maximum Gasteiger partial charge on any atom is 0.126 e. The van der Waals surface area contributed by atoms with Crippen LogP contribution in [0.15, 0.2) is 54.7 Å². The highest BCUT2D eigenvalue weighted by molar-refractivity contribution is 7.19. The summed E-state index contributed by atoms with van der Waals surface area (Å²) in [6, 6.07) is 17.1. The molecular weight excluding hydrogens is 336 g/mol. The van der Waals surface area contributed by atoms with E-state index in [1.807, 2.05) is 12.1 Å². The van der Waals surface area contributed by atoms with Gasteiger partial charge in [0.2, 0.25) is 0 Å². The maximum absolute atomic E-state index is 6.22. The summed E-state index contributed by atoms with van der Waals surface area (Å²) >= 11 is 1.55. The molecule has 2 N–H and O–H groups in total. The number of nitrogens with two attached hydrogens (primary N) is 1. The van der Waals surface area contributed by atoms with Crippen LogP contribution in [-0.4, -0.2) is 4.98 Å². The molecule has 0 radical (unpaired) electrons. The highest BCUT2D eigenvalue weighted by Crippen LogP contribution is 2.48. The van der Waals surface area contributed by atoms with Gasteiger partial charge >= 0.3 is 0 Å². The van der Waals surface area contributed by atoms with Crippen LogP contribution in [0.2, 0.25) is 0 Å². The molecule has 2 nitrogen and oxygen atoms in total. The van der Waals surface area contributed by atoms with Gasteiger partial charge in [0.15, 0.2) is 0 Å². The molecule has 2 heterocycles. The molecular formula is C23H18N2S. The van der Waals surface area contributed by atoms with Crippen LogP contribution in [0.1, 0.15) is 35.8 Å². The van der Waals surface area contributed by atoms with Crippen molar-refractivity contribution in [1.29, 1.82) is 0 Å². The van der Waals surface area contributed by atoms with Gasteiger partial charge in [-0.15, -0.1) is 11.3 Å². The van der Waals surface area contributed by atoms with Crippen LogP contribution in [-0.2, 0) is 5.41 Å². The molecule has 5 rings (SSSR count). The molecule has 0 bridgehead atoms. The van der Waals surface area contributed by atoms with Crippen molar-refractivity contribution in [3.8, 4) is 11.8 Å². The van der Waals surface area contributed by atoms with Gasteiger partial charge in [-0.1, -0.05) is 37.1 Å². The summed E-state index contributed by atoms with van der Waals surface area (Å²) in [5, 5.41) is 3.50. The van der Waals surface area contributed by atoms with E-state index in [2.05, 4.69) is 60.1 Å². The monoisotopic (exact) mass is 354 g/mol. The molecule has 2 aromatic heterocycles. The lowest BCUT2D eigenvalue weighted by Crippen LogP contribution is -1.98. The van der Waals surface area contributed by atoms with Crippen LogP contribution in [0, 0.1) is 11.8 Å².